The minimum absolute atomic E-state index is 0.156. The fraction of sp³-hybridized carbons (Fsp3) is 0.318. The highest BCUT2D eigenvalue weighted by molar-refractivity contribution is 6.02. The Morgan fingerprint density at radius 3 is 2.82 bits per heavy atom. The summed E-state index contributed by atoms with van der Waals surface area (Å²) in [5.74, 6) is -0.0901. The van der Waals surface area contributed by atoms with Crippen molar-refractivity contribution in [2.45, 2.75) is 31.7 Å². The molecular formula is C22H22N2O4. The molecule has 1 saturated heterocycles. The van der Waals surface area contributed by atoms with Gasteiger partial charge in [-0.1, -0.05) is 24.3 Å². The Morgan fingerprint density at radius 2 is 2.00 bits per heavy atom. The number of rotatable bonds is 5. The molecule has 1 N–H and O–H groups in total. The molecule has 1 heterocycles. The maximum absolute atomic E-state index is 12.6. The summed E-state index contributed by atoms with van der Waals surface area (Å²) in [6.45, 7) is 0.490. The zero-order valence-electron chi connectivity index (χ0n) is 15.7. The predicted molar refractivity (Wildman–Crippen MR) is 104 cm³/mol. The Balaban J connectivity index is 1.66. The third kappa shape index (κ3) is 3.26. The molecule has 2 aromatic carbocycles. The summed E-state index contributed by atoms with van der Waals surface area (Å²) >= 11 is 0. The number of hydrogen-bond acceptors (Lipinski definition) is 4. The van der Waals surface area contributed by atoms with Crippen molar-refractivity contribution in [3.05, 3.63) is 64.7 Å². The summed E-state index contributed by atoms with van der Waals surface area (Å²) in [5, 5.41) is 2.92. The summed E-state index contributed by atoms with van der Waals surface area (Å²) in [7, 11) is 1.38. The quantitative estimate of drug-likeness (QED) is 0.811. The van der Waals surface area contributed by atoms with Gasteiger partial charge in [-0.25, -0.2) is 4.79 Å². The third-order valence-corrected chi connectivity index (χ3v) is 5.51. The minimum Gasteiger partial charge on any atom is -0.469 e. The lowest BCUT2D eigenvalue weighted by molar-refractivity contribution is -0.140. The average Bonchev–Trinajstić information content (AvgIpc) is 3.28. The monoisotopic (exact) mass is 378 g/mol. The summed E-state index contributed by atoms with van der Waals surface area (Å²) in [6, 6.07) is 13.2. The first-order chi connectivity index (χ1) is 13.6. The number of carbonyl (C=O) groups excluding carboxylic acids is 3. The van der Waals surface area contributed by atoms with Crippen molar-refractivity contribution >= 4 is 23.5 Å². The Kier molecular flexibility index (Phi) is 4.86. The minimum atomic E-state index is -0.254. The van der Waals surface area contributed by atoms with Crippen LogP contribution in [-0.4, -0.2) is 31.4 Å². The van der Waals surface area contributed by atoms with Crippen LogP contribution in [0.5, 0.6) is 0 Å². The van der Waals surface area contributed by atoms with E-state index in [9.17, 15) is 14.4 Å². The number of benzene rings is 2. The van der Waals surface area contributed by atoms with E-state index in [1.54, 1.807) is 4.90 Å². The van der Waals surface area contributed by atoms with E-state index >= 15 is 0 Å². The summed E-state index contributed by atoms with van der Waals surface area (Å²) in [4.78, 5) is 37.8. The van der Waals surface area contributed by atoms with Crippen LogP contribution in [0.25, 0.3) is 0 Å². The number of methoxy groups -OCH3 is 1. The number of urea groups is 1. The van der Waals surface area contributed by atoms with Crippen LogP contribution in [-0.2, 0) is 22.4 Å². The molecule has 0 bridgehead atoms. The molecule has 0 saturated carbocycles. The molecule has 0 radical (unpaired) electrons. The first kappa shape index (κ1) is 18.2. The average molecular weight is 378 g/mol. The lowest BCUT2D eigenvalue weighted by Crippen LogP contribution is -2.30. The van der Waals surface area contributed by atoms with E-state index in [0.717, 1.165) is 34.4 Å². The second-order valence-corrected chi connectivity index (χ2v) is 7.11. The molecule has 1 atom stereocenters. The highest BCUT2D eigenvalue weighted by atomic mass is 16.5. The number of Topliss-reactive ketones (excluding diaryl/α,β-unsaturated/α-hetero) is 1. The molecule has 1 aliphatic carbocycles. The number of fused-ring (bicyclic) bond motifs is 1. The molecule has 2 amide bonds. The second-order valence-electron chi connectivity index (χ2n) is 7.11. The summed E-state index contributed by atoms with van der Waals surface area (Å²) in [5.41, 5.74) is 4.59. The van der Waals surface area contributed by atoms with Crippen LogP contribution in [0, 0.1) is 0 Å². The SMILES string of the molecule is COC(=O)CCc1ccccc1C1CNC(=O)N1c1ccc2c(c1)CCC2=O. The zero-order chi connectivity index (χ0) is 19.7. The van der Waals surface area contributed by atoms with E-state index in [2.05, 4.69) is 5.32 Å². The molecule has 144 valence electrons. The number of carbonyl (C=O) groups is 3. The Hall–Kier alpha value is -3.15. The van der Waals surface area contributed by atoms with Crippen molar-refractivity contribution in [1.82, 2.24) is 5.32 Å². The van der Waals surface area contributed by atoms with E-state index in [1.807, 2.05) is 42.5 Å². The Morgan fingerprint density at radius 1 is 1.18 bits per heavy atom. The van der Waals surface area contributed by atoms with Crippen LogP contribution >= 0.6 is 0 Å². The van der Waals surface area contributed by atoms with Crippen LogP contribution in [0.1, 0.15) is 45.9 Å². The van der Waals surface area contributed by atoms with Gasteiger partial charge in [-0.15, -0.1) is 0 Å². The van der Waals surface area contributed by atoms with Crippen LogP contribution in [0.15, 0.2) is 42.5 Å². The van der Waals surface area contributed by atoms with Gasteiger partial charge < -0.3 is 10.1 Å². The molecule has 6 heteroatoms. The smallest absolute Gasteiger partial charge is 0.322 e. The number of nitrogens with one attached hydrogen (secondary N) is 1. The molecule has 2 aromatic rings. The number of esters is 1. The third-order valence-electron chi connectivity index (χ3n) is 5.51. The lowest BCUT2D eigenvalue weighted by atomic mass is 9.96. The Labute approximate surface area is 163 Å². The molecule has 0 spiro atoms. The molecule has 28 heavy (non-hydrogen) atoms. The number of hydrogen-bond donors (Lipinski definition) is 1. The van der Waals surface area contributed by atoms with E-state index < -0.39 is 0 Å². The number of ketones is 1. The van der Waals surface area contributed by atoms with Crippen LogP contribution in [0.2, 0.25) is 0 Å². The van der Waals surface area contributed by atoms with E-state index in [4.69, 9.17) is 4.74 Å². The zero-order valence-corrected chi connectivity index (χ0v) is 15.7. The predicted octanol–water partition coefficient (Wildman–Crippen LogP) is 3.19. The van der Waals surface area contributed by atoms with Gasteiger partial charge in [0, 0.05) is 30.6 Å². The van der Waals surface area contributed by atoms with Gasteiger partial charge in [0.25, 0.3) is 0 Å². The van der Waals surface area contributed by atoms with Gasteiger partial charge in [0.2, 0.25) is 0 Å². The van der Waals surface area contributed by atoms with Gasteiger partial charge >= 0.3 is 12.0 Å². The maximum Gasteiger partial charge on any atom is 0.322 e. The van der Waals surface area contributed by atoms with Crippen LogP contribution < -0.4 is 10.2 Å². The van der Waals surface area contributed by atoms with Crippen LogP contribution in [0.4, 0.5) is 10.5 Å². The van der Waals surface area contributed by atoms with Crippen LogP contribution in [0.3, 0.4) is 0 Å². The van der Waals surface area contributed by atoms with E-state index in [-0.39, 0.29) is 23.8 Å². The number of nitrogens with zero attached hydrogens (tertiary/aromatic N) is 1. The van der Waals surface area contributed by atoms with Crippen molar-refractivity contribution in [2.24, 2.45) is 0 Å². The molecule has 0 aromatic heterocycles. The van der Waals surface area contributed by atoms with Gasteiger partial charge in [-0.3, -0.25) is 14.5 Å². The molecular weight excluding hydrogens is 356 g/mol. The Bertz CT molecular complexity index is 953. The van der Waals surface area contributed by atoms with Crippen molar-refractivity contribution in [1.29, 1.82) is 0 Å². The highest BCUT2D eigenvalue weighted by Crippen LogP contribution is 2.35. The molecule has 4 rings (SSSR count). The van der Waals surface area contributed by atoms with Crippen molar-refractivity contribution in [3.8, 4) is 0 Å². The van der Waals surface area contributed by atoms with Gasteiger partial charge in [-0.2, -0.15) is 0 Å². The fourth-order valence-corrected chi connectivity index (χ4v) is 4.07. The molecule has 1 fully saturated rings. The van der Waals surface area contributed by atoms with Gasteiger partial charge in [-0.05, 0) is 47.7 Å². The maximum atomic E-state index is 12.6. The normalized spacial score (nSPS) is 18.2. The van der Waals surface area contributed by atoms with E-state index in [1.165, 1.54) is 7.11 Å². The molecule has 6 nitrogen and oxygen atoms in total. The first-order valence-electron chi connectivity index (χ1n) is 9.46. The topological polar surface area (TPSA) is 75.7 Å². The molecule has 1 unspecified atom stereocenters. The van der Waals surface area contributed by atoms with Gasteiger partial charge in [0.1, 0.15) is 0 Å². The summed E-state index contributed by atoms with van der Waals surface area (Å²) in [6.07, 6.45) is 2.10. The van der Waals surface area contributed by atoms with Gasteiger partial charge in [0.05, 0.1) is 13.2 Å². The number of ether oxygens (including phenoxy) is 1. The van der Waals surface area contributed by atoms with Crippen molar-refractivity contribution < 1.29 is 19.1 Å². The lowest BCUT2D eigenvalue weighted by Gasteiger charge is -2.26. The number of anilines is 1. The van der Waals surface area contributed by atoms with E-state index in [0.29, 0.717) is 25.8 Å². The second kappa shape index (κ2) is 7.46. The fourth-order valence-electron chi connectivity index (χ4n) is 4.07. The number of aryl methyl sites for hydroxylation is 2. The molecule has 1 aliphatic heterocycles. The van der Waals surface area contributed by atoms with Crippen molar-refractivity contribution in [2.75, 3.05) is 18.6 Å². The van der Waals surface area contributed by atoms with Crippen molar-refractivity contribution in [3.63, 3.8) is 0 Å². The summed E-state index contributed by atoms with van der Waals surface area (Å²) < 4.78 is 4.75. The highest BCUT2D eigenvalue weighted by Gasteiger charge is 2.35. The largest absolute Gasteiger partial charge is 0.469 e. The molecule has 2 aliphatic rings. The van der Waals surface area contributed by atoms with Gasteiger partial charge in [0.15, 0.2) is 5.78 Å². The number of amides is 2. The first-order valence-corrected chi connectivity index (χ1v) is 9.46. The standard InChI is InChI=1S/C22H22N2O4/c1-28-21(26)11-7-14-4-2-3-5-17(14)19-13-23-22(27)24(19)16-8-9-18-15(12-16)6-10-20(18)25/h2-5,8-9,12,19H,6-7,10-11,13H2,1H3,(H,23,27).